The molecule has 0 N–H and O–H groups in total. The van der Waals surface area contributed by atoms with E-state index < -0.39 is 0 Å². The number of furan rings is 1. The van der Waals surface area contributed by atoms with E-state index in [1.165, 1.54) is 49.5 Å². The molecule has 1 aliphatic carbocycles. The molecule has 3 aromatic heterocycles. The second-order valence-corrected chi connectivity index (χ2v) is 12.4. The molecular formula is C40H26N2O. The predicted molar refractivity (Wildman–Crippen MR) is 178 cm³/mol. The van der Waals surface area contributed by atoms with Crippen molar-refractivity contribution >= 4 is 60.2 Å². The van der Waals surface area contributed by atoms with E-state index in [1.807, 2.05) is 12.1 Å². The summed E-state index contributed by atoms with van der Waals surface area (Å²) in [6.45, 7) is 4.69. The third kappa shape index (κ3) is 2.96. The summed E-state index contributed by atoms with van der Waals surface area (Å²) in [5.41, 5.74) is 12.8. The van der Waals surface area contributed by atoms with Crippen molar-refractivity contribution in [3.05, 3.63) is 133 Å². The van der Waals surface area contributed by atoms with Crippen LogP contribution in [-0.4, -0.2) is 9.38 Å². The van der Waals surface area contributed by atoms with Crippen LogP contribution in [-0.2, 0) is 5.41 Å². The maximum atomic E-state index is 6.28. The van der Waals surface area contributed by atoms with E-state index in [2.05, 4.69) is 128 Å². The summed E-state index contributed by atoms with van der Waals surface area (Å²) >= 11 is 0. The molecule has 0 saturated heterocycles. The Morgan fingerprint density at radius 1 is 0.558 bits per heavy atom. The van der Waals surface area contributed by atoms with Gasteiger partial charge in [-0.2, -0.15) is 0 Å². The Kier molecular flexibility index (Phi) is 4.26. The van der Waals surface area contributed by atoms with E-state index in [-0.39, 0.29) is 5.41 Å². The maximum absolute atomic E-state index is 6.28. The van der Waals surface area contributed by atoms with Crippen LogP contribution in [0.5, 0.6) is 0 Å². The van der Waals surface area contributed by atoms with Gasteiger partial charge in [0.05, 0.1) is 17.2 Å². The number of fused-ring (bicyclic) bond motifs is 14. The molecule has 0 radical (unpaired) electrons. The van der Waals surface area contributed by atoms with Gasteiger partial charge < -0.3 is 4.42 Å². The first-order valence-corrected chi connectivity index (χ1v) is 14.9. The van der Waals surface area contributed by atoms with Gasteiger partial charge >= 0.3 is 0 Å². The van der Waals surface area contributed by atoms with Crippen LogP contribution in [0.2, 0.25) is 0 Å². The topological polar surface area (TPSA) is 30.4 Å². The second-order valence-electron chi connectivity index (χ2n) is 12.4. The summed E-state index contributed by atoms with van der Waals surface area (Å²) < 4.78 is 8.50. The number of hydrogen-bond donors (Lipinski definition) is 0. The summed E-state index contributed by atoms with van der Waals surface area (Å²) in [5, 5.41) is 7.02. The monoisotopic (exact) mass is 550 g/mol. The highest BCUT2D eigenvalue weighted by molar-refractivity contribution is 6.25. The molecule has 3 heteroatoms. The van der Waals surface area contributed by atoms with Gasteiger partial charge in [-0.25, -0.2) is 4.98 Å². The van der Waals surface area contributed by atoms with Crippen molar-refractivity contribution in [3.8, 4) is 22.3 Å². The normalized spacial score (nSPS) is 14.0. The van der Waals surface area contributed by atoms with Crippen LogP contribution in [0.1, 0.15) is 25.0 Å². The third-order valence-electron chi connectivity index (χ3n) is 9.78. The Bertz CT molecular complexity index is 2650. The van der Waals surface area contributed by atoms with Gasteiger partial charge in [0.25, 0.3) is 0 Å². The van der Waals surface area contributed by atoms with Crippen molar-refractivity contribution in [2.24, 2.45) is 0 Å². The smallest absolute Gasteiger partial charge is 0.152 e. The van der Waals surface area contributed by atoms with Crippen LogP contribution in [0, 0.1) is 0 Å². The van der Waals surface area contributed by atoms with Gasteiger partial charge in [-0.3, -0.25) is 4.40 Å². The van der Waals surface area contributed by atoms with Gasteiger partial charge in [0.15, 0.2) is 5.58 Å². The van der Waals surface area contributed by atoms with Crippen LogP contribution in [0.25, 0.3) is 82.4 Å². The van der Waals surface area contributed by atoms with Gasteiger partial charge in [-0.1, -0.05) is 105 Å². The molecule has 0 unspecified atom stereocenters. The number of nitrogens with zero attached hydrogens (tertiary/aromatic N) is 2. The molecule has 0 amide bonds. The van der Waals surface area contributed by atoms with E-state index in [0.29, 0.717) is 0 Å². The lowest BCUT2D eigenvalue weighted by atomic mass is 9.81. The van der Waals surface area contributed by atoms with E-state index in [9.17, 15) is 0 Å². The summed E-state index contributed by atoms with van der Waals surface area (Å²) in [6.07, 6.45) is 2.11. The Labute approximate surface area is 247 Å². The fourth-order valence-corrected chi connectivity index (χ4v) is 7.66. The first-order chi connectivity index (χ1) is 21.1. The number of hydrogen-bond acceptors (Lipinski definition) is 2. The molecule has 202 valence electrons. The van der Waals surface area contributed by atoms with Crippen LogP contribution < -0.4 is 0 Å². The quantitative estimate of drug-likeness (QED) is 0.190. The first-order valence-electron chi connectivity index (χ1n) is 14.9. The standard InChI is InChI=1S/C40H26N2O/c1-40(2)33-13-7-5-10-26(33)27-17-15-24(20-34(27)40)23-16-18-30-31(19-23)25-9-3-4-12-29(25)38-39(30)42-22-36-32(21-37(42)41-38)28-11-6-8-14-35(28)43-36/h3-22H,1-2H3. The molecule has 3 nitrogen and oxygen atoms in total. The van der Waals surface area contributed by atoms with Crippen LogP contribution in [0.15, 0.2) is 126 Å². The fraction of sp³-hybridized carbons (Fsp3) is 0.0750. The van der Waals surface area contributed by atoms with Crippen molar-refractivity contribution in [1.82, 2.24) is 9.38 Å². The van der Waals surface area contributed by atoms with Crippen LogP contribution >= 0.6 is 0 Å². The van der Waals surface area contributed by atoms with Crippen LogP contribution in [0.3, 0.4) is 0 Å². The molecule has 10 rings (SSSR count). The molecule has 0 aliphatic heterocycles. The van der Waals surface area contributed by atoms with E-state index in [1.54, 1.807) is 0 Å². The third-order valence-corrected chi connectivity index (χ3v) is 9.78. The summed E-state index contributed by atoms with van der Waals surface area (Å²) in [5.74, 6) is 0. The van der Waals surface area contributed by atoms with Crippen molar-refractivity contribution < 1.29 is 4.42 Å². The Balaban J connectivity index is 1.25. The molecule has 0 fully saturated rings. The Hall–Kier alpha value is -5.41. The lowest BCUT2D eigenvalue weighted by molar-refractivity contribution is 0.660. The largest absolute Gasteiger partial charge is 0.455 e. The molecular weight excluding hydrogens is 524 g/mol. The number of rotatable bonds is 1. The summed E-state index contributed by atoms with van der Waals surface area (Å²) in [6, 6.07) is 41.8. The molecule has 1 aliphatic rings. The van der Waals surface area contributed by atoms with Crippen molar-refractivity contribution in [2.75, 3.05) is 0 Å². The number of imidazole rings is 1. The van der Waals surface area contributed by atoms with Crippen molar-refractivity contribution in [1.29, 1.82) is 0 Å². The molecule has 3 heterocycles. The van der Waals surface area contributed by atoms with Crippen molar-refractivity contribution in [3.63, 3.8) is 0 Å². The molecule has 0 saturated carbocycles. The molecule has 0 bridgehead atoms. The minimum Gasteiger partial charge on any atom is -0.455 e. The zero-order chi connectivity index (χ0) is 28.4. The number of aromatic nitrogens is 2. The second kappa shape index (κ2) is 7.90. The van der Waals surface area contributed by atoms with Crippen molar-refractivity contribution in [2.45, 2.75) is 19.3 Å². The summed E-state index contributed by atoms with van der Waals surface area (Å²) in [7, 11) is 0. The predicted octanol–water partition coefficient (Wildman–Crippen LogP) is 10.7. The highest BCUT2D eigenvalue weighted by Crippen LogP contribution is 2.49. The molecule has 0 atom stereocenters. The lowest BCUT2D eigenvalue weighted by Crippen LogP contribution is -2.14. The average molecular weight is 551 g/mol. The highest BCUT2D eigenvalue weighted by Gasteiger charge is 2.35. The van der Waals surface area contributed by atoms with Gasteiger partial charge in [-0.05, 0) is 68.4 Å². The van der Waals surface area contributed by atoms with E-state index >= 15 is 0 Å². The fourth-order valence-electron chi connectivity index (χ4n) is 7.66. The maximum Gasteiger partial charge on any atom is 0.152 e. The van der Waals surface area contributed by atoms with E-state index in [4.69, 9.17) is 9.40 Å². The first kappa shape index (κ1) is 23.2. The molecule has 43 heavy (non-hydrogen) atoms. The molecule has 0 spiro atoms. The molecule has 6 aromatic carbocycles. The molecule has 9 aromatic rings. The number of para-hydroxylation sites is 1. The number of pyridine rings is 1. The average Bonchev–Trinajstić information content (AvgIpc) is 3.67. The minimum absolute atomic E-state index is 0.0316. The van der Waals surface area contributed by atoms with Gasteiger partial charge in [0.2, 0.25) is 0 Å². The Morgan fingerprint density at radius 2 is 1.28 bits per heavy atom. The van der Waals surface area contributed by atoms with Gasteiger partial charge in [0, 0.05) is 27.0 Å². The SMILES string of the molecule is CC1(C)c2ccccc2-c2ccc(-c3ccc4c(c3)c3ccccc3c3nc5cc6c(cn5c43)oc3ccccc36)cc21. The highest BCUT2D eigenvalue weighted by atomic mass is 16.3. The minimum atomic E-state index is -0.0316. The Morgan fingerprint density at radius 3 is 2.19 bits per heavy atom. The van der Waals surface area contributed by atoms with Crippen LogP contribution in [0.4, 0.5) is 0 Å². The van der Waals surface area contributed by atoms with Gasteiger partial charge in [-0.15, -0.1) is 0 Å². The zero-order valence-electron chi connectivity index (χ0n) is 23.8. The lowest BCUT2D eigenvalue weighted by Gasteiger charge is -2.22. The number of benzene rings is 6. The summed E-state index contributed by atoms with van der Waals surface area (Å²) in [4.78, 5) is 5.21. The zero-order valence-corrected chi connectivity index (χ0v) is 23.8. The van der Waals surface area contributed by atoms with Gasteiger partial charge in [0.1, 0.15) is 11.2 Å². The van der Waals surface area contributed by atoms with E-state index in [0.717, 1.165) is 44.0 Å².